The molecule has 0 saturated heterocycles. The normalized spacial score (nSPS) is 10.1. The number of benzene rings is 1. The molecule has 69 valence electrons. The van der Waals surface area contributed by atoms with Crippen molar-refractivity contribution < 1.29 is 0 Å². The molecule has 1 aromatic carbocycles. The Bertz CT molecular complexity index is 407. The Balaban J connectivity index is 2.24. The van der Waals surface area contributed by atoms with Crippen molar-refractivity contribution in [2.75, 3.05) is 0 Å². The van der Waals surface area contributed by atoms with Crippen molar-refractivity contribution in [2.45, 2.75) is 6.42 Å². The van der Waals surface area contributed by atoms with Gasteiger partial charge in [-0.05, 0) is 24.1 Å². The predicted octanol–water partition coefficient (Wildman–Crippen LogP) is 2.85. The van der Waals surface area contributed by atoms with Crippen LogP contribution in [0.3, 0.4) is 0 Å². The molecule has 0 N–H and O–H groups in total. The smallest absolute Gasteiger partial charge is 0.0479 e. The number of hydrogen-bond donors (Lipinski definition) is 0. The molecule has 0 aliphatic rings. The molecule has 0 bridgehead atoms. The Morgan fingerprint density at radius 3 is 2.50 bits per heavy atom. The second-order valence-electron chi connectivity index (χ2n) is 3.27. The van der Waals surface area contributed by atoms with E-state index in [1.54, 1.807) is 0 Å². The van der Waals surface area contributed by atoms with Gasteiger partial charge in [-0.3, -0.25) is 4.98 Å². The minimum atomic E-state index is 0.862. The third-order valence-electron chi connectivity index (χ3n) is 2.20. The van der Waals surface area contributed by atoms with E-state index in [4.69, 9.17) is 0 Å². The van der Waals surface area contributed by atoms with Crippen LogP contribution >= 0.6 is 0 Å². The molecule has 1 radical (unpaired) electrons. The van der Waals surface area contributed by atoms with E-state index in [-0.39, 0.29) is 0 Å². The summed E-state index contributed by atoms with van der Waals surface area (Å²) in [6.07, 6.45) is 2.67. The third-order valence-corrected chi connectivity index (χ3v) is 2.20. The van der Waals surface area contributed by atoms with Gasteiger partial charge in [-0.25, -0.2) is 0 Å². The van der Waals surface area contributed by atoms with Crippen LogP contribution in [0.2, 0.25) is 0 Å². The molecular formula is C13H12N. The molecule has 0 spiro atoms. The summed E-state index contributed by atoms with van der Waals surface area (Å²) in [6, 6.07) is 14.2. The highest BCUT2D eigenvalue weighted by molar-refractivity contribution is 5.28. The molecule has 14 heavy (non-hydrogen) atoms. The zero-order chi connectivity index (χ0) is 9.80. The van der Waals surface area contributed by atoms with E-state index in [0.717, 1.165) is 17.7 Å². The minimum absolute atomic E-state index is 0.862. The van der Waals surface area contributed by atoms with Crippen LogP contribution in [0.1, 0.15) is 16.8 Å². The second kappa shape index (κ2) is 4.05. The van der Waals surface area contributed by atoms with Crippen LogP contribution in [0.25, 0.3) is 0 Å². The average molecular weight is 182 g/mol. The first-order valence-electron chi connectivity index (χ1n) is 4.66. The molecule has 0 aliphatic heterocycles. The van der Waals surface area contributed by atoms with Gasteiger partial charge < -0.3 is 0 Å². The Morgan fingerprint density at radius 1 is 1.00 bits per heavy atom. The third kappa shape index (κ3) is 1.99. The van der Waals surface area contributed by atoms with Gasteiger partial charge in [-0.15, -0.1) is 0 Å². The zero-order valence-electron chi connectivity index (χ0n) is 7.98. The maximum absolute atomic E-state index is 4.31. The molecule has 0 unspecified atom stereocenters. The van der Waals surface area contributed by atoms with Crippen molar-refractivity contribution in [2.24, 2.45) is 0 Å². The first-order valence-corrected chi connectivity index (χ1v) is 4.66. The molecule has 0 amide bonds. The number of pyridine rings is 1. The Hall–Kier alpha value is -1.63. The molecule has 0 fully saturated rings. The summed E-state index contributed by atoms with van der Waals surface area (Å²) in [5, 5.41) is 0. The predicted molar refractivity (Wildman–Crippen MR) is 57.9 cm³/mol. The van der Waals surface area contributed by atoms with Crippen LogP contribution in [-0.2, 0) is 6.42 Å². The van der Waals surface area contributed by atoms with Gasteiger partial charge in [0.1, 0.15) is 0 Å². The molecule has 0 aliphatic carbocycles. The van der Waals surface area contributed by atoms with Crippen molar-refractivity contribution in [1.29, 1.82) is 0 Å². The van der Waals surface area contributed by atoms with Crippen LogP contribution in [0, 0.1) is 6.92 Å². The number of nitrogens with zero attached hydrogens (tertiary/aromatic N) is 1. The van der Waals surface area contributed by atoms with Crippen LogP contribution in [0.5, 0.6) is 0 Å². The summed E-state index contributed by atoms with van der Waals surface area (Å²) in [5.74, 6) is 0. The molecule has 1 nitrogen and oxygen atoms in total. The SMILES string of the molecule is [CH2]c1cccnc1Cc1ccccc1. The standard InChI is InChI=1S/C13H12N/c1-11-6-5-9-14-13(11)10-12-7-3-2-4-8-12/h2-9H,1,10H2. The van der Waals surface area contributed by atoms with Crippen molar-refractivity contribution in [3.8, 4) is 0 Å². The van der Waals surface area contributed by atoms with Gasteiger partial charge in [-0.2, -0.15) is 0 Å². The van der Waals surface area contributed by atoms with Crippen LogP contribution in [0.4, 0.5) is 0 Å². The van der Waals surface area contributed by atoms with E-state index < -0.39 is 0 Å². The molecule has 1 aromatic heterocycles. The molecule has 1 heterocycles. The van der Waals surface area contributed by atoms with Gasteiger partial charge in [0.2, 0.25) is 0 Å². The van der Waals surface area contributed by atoms with E-state index in [2.05, 4.69) is 24.0 Å². The Morgan fingerprint density at radius 2 is 1.79 bits per heavy atom. The lowest BCUT2D eigenvalue weighted by Gasteiger charge is -2.03. The first-order chi connectivity index (χ1) is 6.86. The highest BCUT2D eigenvalue weighted by atomic mass is 14.7. The number of aromatic nitrogens is 1. The lowest BCUT2D eigenvalue weighted by molar-refractivity contribution is 1.06. The van der Waals surface area contributed by atoms with Crippen molar-refractivity contribution in [3.05, 3.63) is 72.4 Å². The largest absolute Gasteiger partial charge is 0.261 e. The molecule has 2 rings (SSSR count). The maximum atomic E-state index is 4.31. The fourth-order valence-corrected chi connectivity index (χ4v) is 1.42. The molecular weight excluding hydrogens is 170 g/mol. The van der Waals surface area contributed by atoms with Crippen molar-refractivity contribution in [1.82, 2.24) is 4.98 Å². The molecule has 0 atom stereocenters. The molecule has 1 heteroatoms. The second-order valence-corrected chi connectivity index (χ2v) is 3.27. The van der Waals surface area contributed by atoms with Gasteiger partial charge in [0.05, 0.1) is 0 Å². The maximum Gasteiger partial charge on any atom is 0.0479 e. The van der Waals surface area contributed by atoms with Crippen LogP contribution in [-0.4, -0.2) is 4.98 Å². The summed E-state index contributed by atoms with van der Waals surface area (Å²) in [5.41, 5.74) is 3.34. The average Bonchev–Trinajstić information content (AvgIpc) is 2.23. The Labute approximate surface area is 84.4 Å². The van der Waals surface area contributed by atoms with Gasteiger partial charge >= 0.3 is 0 Å². The fraction of sp³-hybridized carbons (Fsp3) is 0.0769. The zero-order valence-corrected chi connectivity index (χ0v) is 7.98. The summed E-state index contributed by atoms with van der Waals surface area (Å²) < 4.78 is 0. The Kier molecular flexibility index (Phi) is 2.59. The fourth-order valence-electron chi connectivity index (χ4n) is 1.42. The minimum Gasteiger partial charge on any atom is -0.261 e. The van der Waals surface area contributed by atoms with Crippen LogP contribution in [0.15, 0.2) is 48.7 Å². The van der Waals surface area contributed by atoms with E-state index in [0.29, 0.717) is 0 Å². The van der Waals surface area contributed by atoms with E-state index in [1.165, 1.54) is 5.56 Å². The van der Waals surface area contributed by atoms with Gasteiger partial charge in [-0.1, -0.05) is 36.4 Å². The monoisotopic (exact) mass is 182 g/mol. The van der Waals surface area contributed by atoms with Gasteiger partial charge in [0.25, 0.3) is 0 Å². The quantitative estimate of drug-likeness (QED) is 0.696. The molecule has 0 saturated carbocycles. The highest BCUT2D eigenvalue weighted by Crippen LogP contribution is 2.10. The van der Waals surface area contributed by atoms with Crippen molar-refractivity contribution in [3.63, 3.8) is 0 Å². The number of hydrogen-bond acceptors (Lipinski definition) is 1. The van der Waals surface area contributed by atoms with Gasteiger partial charge in [0, 0.05) is 18.3 Å². The van der Waals surface area contributed by atoms with Crippen molar-refractivity contribution >= 4 is 0 Å². The van der Waals surface area contributed by atoms with E-state index in [1.807, 2.05) is 36.5 Å². The number of rotatable bonds is 2. The summed E-state index contributed by atoms with van der Waals surface area (Å²) in [4.78, 5) is 4.31. The topological polar surface area (TPSA) is 12.9 Å². The summed E-state index contributed by atoms with van der Waals surface area (Å²) >= 11 is 0. The van der Waals surface area contributed by atoms with E-state index >= 15 is 0 Å². The van der Waals surface area contributed by atoms with Gasteiger partial charge in [0.15, 0.2) is 0 Å². The lowest BCUT2D eigenvalue weighted by atomic mass is 10.1. The van der Waals surface area contributed by atoms with Crippen LogP contribution < -0.4 is 0 Å². The highest BCUT2D eigenvalue weighted by Gasteiger charge is 1.99. The molecule has 2 aromatic rings. The summed E-state index contributed by atoms with van der Waals surface area (Å²) in [6.45, 7) is 3.95. The van der Waals surface area contributed by atoms with E-state index in [9.17, 15) is 0 Å². The first kappa shape index (κ1) is 8.95. The summed E-state index contributed by atoms with van der Waals surface area (Å²) in [7, 11) is 0. The lowest BCUT2D eigenvalue weighted by Crippen LogP contribution is -1.94.